The largest absolute Gasteiger partial charge is 0.374 e. The van der Waals surface area contributed by atoms with Crippen molar-refractivity contribution in [3.05, 3.63) is 30.1 Å². The lowest BCUT2D eigenvalue weighted by Gasteiger charge is -2.40. The van der Waals surface area contributed by atoms with Gasteiger partial charge in [-0.1, -0.05) is 13.0 Å². The summed E-state index contributed by atoms with van der Waals surface area (Å²) in [5.41, 5.74) is 1.30. The quantitative estimate of drug-likeness (QED) is 0.883. The molecule has 1 aromatic rings. The van der Waals surface area contributed by atoms with Gasteiger partial charge < -0.3 is 10.2 Å². The van der Waals surface area contributed by atoms with Crippen LogP contribution >= 0.6 is 0 Å². The summed E-state index contributed by atoms with van der Waals surface area (Å²) in [6.07, 6.45) is 3.67. The third kappa shape index (κ3) is 3.02. The fraction of sp³-hybridized carbons (Fsp3) is 0.600. The molecule has 0 radical (unpaired) electrons. The van der Waals surface area contributed by atoms with Gasteiger partial charge in [0.05, 0.1) is 0 Å². The molecule has 100 valence electrons. The zero-order valence-electron chi connectivity index (χ0n) is 11.4. The van der Waals surface area contributed by atoms with Crippen LogP contribution in [0.2, 0.25) is 0 Å². The summed E-state index contributed by atoms with van der Waals surface area (Å²) in [4.78, 5) is 2.18. The first kappa shape index (κ1) is 13.3. The molecule has 0 aliphatic carbocycles. The average molecular weight is 250 g/mol. The Balaban J connectivity index is 2.07. The topological polar surface area (TPSA) is 15.3 Å². The van der Waals surface area contributed by atoms with Crippen LogP contribution in [-0.4, -0.2) is 26.7 Å². The highest BCUT2D eigenvalue weighted by molar-refractivity contribution is 5.45. The molecule has 3 heteroatoms. The molecule has 2 rings (SSSR count). The van der Waals surface area contributed by atoms with Crippen LogP contribution in [0.4, 0.5) is 10.1 Å². The minimum atomic E-state index is -0.160. The number of rotatable bonds is 4. The van der Waals surface area contributed by atoms with Crippen LogP contribution in [-0.2, 0) is 0 Å². The van der Waals surface area contributed by atoms with Crippen LogP contribution in [0.3, 0.4) is 0 Å². The molecule has 18 heavy (non-hydrogen) atoms. The van der Waals surface area contributed by atoms with Gasteiger partial charge >= 0.3 is 0 Å². The summed E-state index contributed by atoms with van der Waals surface area (Å²) in [6, 6.07) is 6.86. The number of halogens is 1. The standard InChI is InChI=1S/C15H23FN2/c1-3-15(8-5-9-17-11-15)12-18(2)14-7-4-6-13(16)10-14/h4,6-7,10,17H,3,5,8-9,11-12H2,1-2H3. The summed E-state index contributed by atoms with van der Waals surface area (Å²) >= 11 is 0. The van der Waals surface area contributed by atoms with Crippen molar-refractivity contribution in [3.63, 3.8) is 0 Å². The Bertz CT molecular complexity index is 386. The van der Waals surface area contributed by atoms with E-state index in [0.717, 1.165) is 25.3 Å². The monoisotopic (exact) mass is 250 g/mol. The normalized spacial score (nSPS) is 23.9. The van der Waals surface area contributed by atoms with Gasteiger partial charge in [-0.2, -0.15) is 0 Å². The lowest BCUT2D eigenvalue weighted by molar-refractivity contribution is 0.207. The predicted octanol–water partition coefficient (Wildman–Crippen LogP) is 3.04. The first-order valence-electron chi connectivity index (χ1n) is 6.83. The lowest BCUT2D eigenvalue weighted by Crippen LogP contribution is -2.46. The van der Waals surface area contributed by atoms with Gasteiger partial charge in [-0.25, -0.2) is 4.39 Å². The van der Waals surface area contributed by atoms with Crippen LogP contribution in [0, 0.1) is 11.2 Å². The van der Waals surface area contributed by atoms with E-state index in [0.29, 0.717) is 5.41 Å². The number of nitrogens with one attached hydrogen (secondary N) is 1. The maximum Gasteiger partial charge on any atom is 0.125 e. The lowest BCUT2D eigenvalue weighted by atomic mass is 9.78. The molecule has 1 atom stereocenters. The summed E-state index contributed by atoms with van der Waals surface area (Å²) < 4.78 is 13.2. The maximum absolute atomic E-state index is 13.2. The number of nitrogens with zero attached hydrogens (tertiary/aromatic N) is 1. The van der Waals surface area contributed by atoms with E-state index in [1.54, 1.807) is 12.1 Å². The highest BCUT2D eigenvalue weighted by Gasteiger charge is 2.31. The zero-order valence-corrected chi connectivity index (χ0v) is 11.4. The second-order valence-corrected chi connectivity index (χ2v) is 5.47. The van der Waals surface area contributed by atoms with Gasteiger partial charge in [-0.3, -0.25) is 0 Å². The summed E-state index contributed by atoms with van der Waals surface area (Å²) in [5, 5.41) is 3.49. The highest BCUT2D eigenvalue weighted by Crippen LogP contribution is 2.32. The number of benzene rings is 1. The molecule has 0 saturated carbocycles. The predicted molar refractivity (Wildman–Crippen MR) is 74.5 cm³/mol. The Morgan fingerprint density at radius 2 is 2.28 bits per heavy atom. The van der Waals surface area contributed by atoms with Gasteiger partial charge in [-0.15, -0.1) is 0 Å². The number of hydrogen-bond donors (Lipinski definition) is 1. The first-order chi connectivity index (χ1) is 8.65. The zero-order chi connectivity index (χ0) is 13.0. The molecule has 0 spiro atoms. The van der Waals surface area contributed by atoms with Gasteiger partial charge in [0.15, 0.2) is 0 Å². The highest BCUT2D eigenvalue weighted by atomic mass is 19.1. The molecular formula is C15H23FN2. The average Bonchev–Trinajstić information content (AvgIpc) is 2.40. The van der Waals surface area contributed by atoms with Crippen molar-refractivity contribution < 1.29 is 4.39 Å². The third-order valence-electron chi connectivity index (χ3n) is 4.13. The van der Waals surface area contributed by atoms with Crippen molar-refractivity contribution in [1.82, 2.24) is 5.32 Å². The molecular weight excluding hydrogens is 227 g/mol. The molecule has 1 heterocycles. The number of anilines is 1. The SMILES string of the molecule is CCC1(CN(C)c2cccc(F)c2)CCCNC1. The van der Waals surface area contributed by atoms with Gasteiger partial charge in [-0.05, 0) is 44.0 Å². The molecule has 1 unspecified atom stereocenters. The molecule has 1 aromatic carbocycles. The van der Waals surface area contributed by atoms with E-state index in [1.807, 2.05) is 6.07 Å². The third-order valence-corrected chi connectivity index (χ3v) is 4.13. The van der Waals surface area contributed by atoms with Crippen LogP contribution in [0.15, 0.2) is 24.3 Å². The minimum absolute atomic E-state index is 0.160. The Morgan fingerprint density at radius 1 is 1.44 bits per heavy atom. The van der Waals surface area contributed by atoms with E-state index in [4.69, 9.17) is 0 Å². The fourth-order valence-electron chi connectivity index (χ4n) is 2.89. The molecule has 0 bridgehead atoms. The molecule has 0 amide bonds. The maximum atomic E-state index is 13.2. The molecule has 1 aliphatic rings. The van der Waals surface area contributed by atoms with Crippen molar-refractivity contribution in [1.29, 1.82) is 0 Å². The summed E-state index contributed by atoms with van der Waals surface area (Å²) in [7, 11) is 2.06. The van der Waals surface area contributed by atoms with Gasteiger partial charge in [0, 0.05) is 31.2 Å². The van der Waals surface area contributed by atoms with Crippen LogP contribution in [0.1, 0.15) is 26.2 Å². The van der Waals surface area contributed by atoms with E-state index in [2.05, 4.69) is 24.2 Å². The van der Waals surface area contributed by atoms with Gasteiger partial charge in [0.1, 0.15) is 5.82 Å². The van der Waals surface area contributed by atoms with E-state index < -0.39 is 0 Å². The fourth-order valence-corrected chi connectivity index (χ4v) is 2.89. The first-order valence-corrected chi connectivity index (χ1v) is 6.83. The van der Waals surface area contributed by atoms with Gasteiger partial charge in [0.25, 0.3) is 0 Å². The van der Waals surface area contributed by atoms with Crippen molar-refractivity contribution in [2.24, 2.45) is 5.41 Å². The van der Waals surface area contributed by atoms with Crippen LogP contribution < -0.4 is 10.2 Å². The van der Waals surface area contributed by atoms with Crippen molar-refractivity contribution in [3.8, 4) is 0 Å². The second-order valence-electron chi connectivity index (χ2n) is 5.47. The minimum Gasteiger partial charge on any atom is -0.374 e. The van der Waals surface area contributed by atoms with E-state index in [1.165, 1.54) is 25.3 Å². The van der Waals surface area contributed by atoms with Crippen molar-refractivity contribution in [2.45, 2.75) is 26.2 Å². The second kappa shape index (κ2) is 5.70. The van der Waals surface area contributed by atoms with E-state index in [-0.39, 0.29) is 5.82 Å². The van der Waals surface area contributed by atoms with Crippen LogP contribution in [0.25, 0.3) is 0 Å². The Kier molecular flexibility index (Phi) is 4.23. The Hall–Kier alpha value is -1.09. The number of piperidine rings is 1. The van der Waals surface area contributed by atoms with Crippen molar-refractivity contribution in [2.75, 3.05) is 31.6 Å². The van der Waals surface area contributed by atoms with E-state index >= 15 is 0 Å². The molecule has 2 nitrogen and oxygen atoms in total. The summed E-state index contributed by atoms with van der Waals surface area (Å²) in [6.45, 7) is 5.45. The molecule has 0 aromatic heterocycles. The van der Waals surface area contributed by atoms with Crippen molar-refractivity contribution >= 4 is 5.69 Å². The number of hydrogen-bond acceptors (Lipinski definition) is 2. The van der Waals surface area contributed by atoms with Crippen LogP contribution in [0.5, 0.6) is 0 Å². The Labute approximate surface area is 109 Å². The smallest absolute Gasteiger partial charge is 0.125 e. The molecule has 1 aliphatic heterocycles. The molecule has 1 saturated heterocycles. The van der Waals surface area contributed by atoms with Gasteiger partial charge in [0.2, 0.25) is 0 Å². The van der Waals surface area contributed by atoms with E-state index in [9.17, 15) is 4.39 Å². The molecule has 1 fully saturated rings. The molecule has 1 N–H and O–H groups in total. The Morgan fingerprint density at radius 3 is 2.89 bits per heavy atom. The summed E-state index contributed by atoms with van der Waals surface area (Å²) in [5.74, 6) is -0.160.